The van der Waals surface area contributed by atoms with Crippen LogP contribution in [0.15, 0.2) is 21.2 Å². The van der Waals surface area contributed by atoms with E-state index in [0.717, 1.165) is 43.0 Å². The summed E-state index contributed by atoms with van der Waals surface area (Å²) in [6.45, 7) is 0. The van der Waals surface area contributed by atoms with E-state index in [0.29, 0.717) is 5.76 Å². The van der Waals surface area contributed by atoms with Gasteiger partial charge in [0.1, 0.15) is 11.9 Å². The van der Waals surface area contributed by atoms with Gasteiger partial charge in [-0.05, 0) is 34.8 Å². The second-order valence-electron chi connectivity index (χ2n) is 5.07. The van der Waals surface area contributed by atoms with Crippen molar-refractivity contribution in [2.24, 2.45) is 5.41 Å². The van der Waals surface area contributed by atoms with Crippen molar-refractivity contribution >= 4 is 15.9 Å². The maximum absolute atomic E-state index is 10.5. The Morgan fingerprint density at radius 2 is 1.89 bits per heavy atom. The van der Waals surface area contributed by atoms with Crippen LogP contribution in [-0.2, 0) is 0 Å². The first-order chi connectivity index (χ1) is 8.69. The molecule has 0 aromatic carbocycles. The first-order valence-corrected chi connectivity index (χ1v) is 7.31. The number of nitriles is 1. The molecule has 2 rings (SSSR count). The van der Waals surface area contributed by atoms with Crippen LogP contribution in [0.2, 0.25) is 0 Å². The third-order valence-electron chi connectivity index (χ3n) is 3.88. The number of nitrogens with zero attached hydrogens (tertiary/aromatic N) is 1. The zero-order valence-electron chi connectivity index (χ0n) is 10.4. The van der Waals surface area contributed by atoms with E-state index < -0.39 is 11.5 Å². The Bertz CT molecular complexity index is 427. The van der Waals surface area contributed by atoms with Gasteiger partial charge in [0, 0.05) is 0 Å². The van der Waals surface area contributed by atoms with E-state index in [-0.39, 0.29) is 0 Å². The average Bonchev–Trinajstić information content (AvgIpc) is 2.75. The third kappa shape index (κ3) is 2.62. The minimum Gasteiger partial charge on any atom is -0.465 e. The Hall–Kier alpha value is -0.790. The maximum atomic E-state index is 10.5. The van der Waals surface area contributed by atoms with Crippen LogP contribution in [0.1, 0.15) is 56.8 Å². The van der Waals surface area contributed by atoms with Crippen molar-refractivity contribution in [1.29, 1.82) is 5.26 Å². The number of aliphatic hydroxyl groups is 1. The summed E-state index contributed by atoms with van der Waals surface area (Å²) >= 11 is 3.36. The Balaban J connectivity index is 2.25. The molecular formula is C14H18BrNO2. The number of aliphatic hydroxyl groups excluding tert-OH is 1. The summed E-state index contributed by atoms with van der Waals surface area (Å²) in [5.41, 5.74) is -0.694. The van der Waals surface area contributed by atoms with Crippen molar-refractivity contribution in [1.82, 2.24) is 0 Å². The first kappa shape index (κ1) is 13.6. The molecular weight excluding hydrogens is 294 g/mol. The minimum atomic E-state index is -0.843. The van der Waals surface area contributed by atoms with Gasteiger partial charge in [-0.1, -0.05) is 32.1 Å². The fraction of sp³-hybridized carbons (Fsp3) is 0.643. The molecule has 1 aliphatic rings. The van der Waals surface area contributed by atoms with E-state index in [1.807, 2.05) is 0 Å². The number of hydrogen-bond donors (Lipinski definition) is 1. The average molecular weight is 312 g/mol. The van der Waals surface area contributed by atoms with Gasteiger partial charge in [0.2, 0.25) is 0 Å². The van der Waals surface area contributed by atoms with Crippen molar-refractivity contribution in [2.75, 3.05) is 0 Å². The zero-order chi connectivity index (χ0) is 13.0. The van der Waals surface area contributed by atoms with Crippen LogP contribution in [0.25, 0.3) is 0 Å². The Morgan fingerprint density at radius 1 is 1.28 bits per heavy atom. The molecule has 0 aliphatic heterocycles. The quantitative estimate of drug-likeness (QED) is 0.884. The highest BCUT2D eigenvalue weighted by molar-refractivity contribution is 9.10. The van der Waals surface area contributed by atoms with Crippen molar-refractivity contribution in [2.45, 2.75) is 51.0 Å². The highest BCUT2D eigenvalue weighted by Gasteiger charge is 2.41. The lowest BCUT2D eigenvalue weighted by Gasteiger charge is -2.32. The molecule has 0 spiro atoms. The number of furan rings is 1. The molecule has 1 unspecified atom stereocenters. The monoisotopic (exact) mass is 311 g/mol. The van der Waals surface area contributed by atoms with Crippen LogP contribution in [0.4, 0.5) is 0 Å². The van der Waals surface area contributed by atoms with E-state index >= 15 is 0 Å². The molecule has 1 heterocycles. The molecule has 1 aliphatic carbocycles. The van der Waals surface area contributed by atoms with Crippen LogP contribution in [0, 0.1) is 16.7 Å². The van der Waals surface area contributed by atoms with Crippen molar-refractivity contribution < 1.29 is 9.52 Å². The topological polar surface area (TPSA) is 57.2 Å². The van der Waals surface area contributed by atoms with E-state index in [9.17, 15) is 10.4 Å². The van der Waals surface area contributed by atoms with Crippen LogP contribution in [0.5, 0.6) is 0 Å². The van der Waals surface area contributed by atoms with Gasteiger partial charge in [0.25, 0.3) is 0 Å². The maximum Gasteiger partial charge on any atom is 0.148 e. The largest absolute Gasteiger partial charge is 0.465 e. The smallest absolute Gasteiger partial charge is 0.148 e. The molecule has 0 amide bonds. The highest BCUT2D eigenvalue weighted by atomic mass is 79.9. The highest BCUT2D eigenvalue weighted by Crippen LogP contribution is 2.45. The third-order valence-corrected chi connectivity index (χ3v) is 4.54. The SMILES string of the molecule is N#CC1(C(O)c2occc2Br)CCCCCCC1. The summed E-state index contributed by atoms with van der Waals surface area (Å²) in [5, 5.41) is 20.1. The Labute approximate surface area is 116 Å². The molecule has 0 saturated heterocycles. The Morgan fingerprint density at radius 3 is 2.39 bits per heavy atom. The van der Waals surface area contributed by atoms with Crippen molar-refractivity contribution in [3.63, 3.8) is 0 Å². The summed E-state index contributed by atoms with van der Waals surface area (Å²) < 4.78 is 6.07. The first-order valence-electron chi connectivity index (χ1n) is 6.52. The molecule has 3 nitrogen and oxygen atoms in total. The van der Waals surface area contributed by atoms with Gasteiger partial charge in [-0.3, -0.25) is 0 Å². The summed E-state index contributed by atoms with van der Waals surface area (Å²) in [6, 6.07) is 4.13. The van der Waals surface area contributed by atoms with Gasteiger partial charge in [-0.2, -0.15) is 5.26 Å². The second kappa shape index (κ2) is 5.90. The Kier molecular flexibility index (Phi) is 4.47. The summed E-state index contributed by atoms with van der Waals surface area (Å²) in [7, 11) is 0. The lowest BCUT2D eigenvalue weighted by Crippen LogP contribution is -2.28. The lowest BCUT2D eigenvalue weighted by molar-refractivity contribution is 0.0259. The second-order valence-corrected chi connectivity index (χ2v) is 5.93. The van der Waals surface area contributed by atoms with Gasteiger partial charge < -0.3 is 9.52 Å². The molecule has 1 aromatic rings. The van der Waals surface area contributed by atoms with E-state index in [2.05, 4.69) is 22.0 Å². The molecule has 1 atom stereocenters. The number of hydrogen-bond acceptors (Lipinski definition) is 3. The molecule has 0 bridgehead atoms. The predicted octanol–water partition coefficient (Wildman–Crippen LogP) is 4.33. The van der Waals surface area contributed by atoms with Crippen molar-refractivity contribution in [3.8, 4) is 6.07 Å². The molecule has 0 radical (unpaired) electrons. The van der Waals surface area contributed by atoms with Gasteiger partial charge in [-0.25, -0.2) is 0 Å². The number of rotatable bonds is 2. The van der Waals surface area contributed by atoms with E-state index in [1.165, 1.54) is 12.7 Å². The van der Waals surface area contributed by atoms with Gasteiger partial charge in [0.05, 0.1) is 22.2 Å². The van der Waals surface area contributed by atoms with Gasteiger partial charge in [-0.15, -0.1) is 0 Å². The summed E-state index contributed by atoms with van der Waals surface area (Å²) in [5.74, 6) is 0.483. The molecule has 1 saturated carbocycles. The van der Waals surface area contributed by atoms with Crippen molar-refractivity contribution in [3.05, 3.63) is 22.6 Å². The standard InChI is InChI=1S/C14H18BrNO2/c15-11-6-9-18-12(11)13(17)14(10-16)7-4-2-1-3-5-8-14/h6,9,13,17H,1-5,7-8H2. The molecule has 1 N–H and O–H groups in total. The predicted molar refractivity (Wildman–Crippen MR) is 71.7 cm³/mol. The normalized spacial score (nSPS) is 21.6. The lowest BCUT2D eigenvalue weighted by atomic mass is 9.72. The van der Waals surface area contributed by atoms with E-state index in [1.54, 1.807) is 6.07 Å². The van der Waals surface area contributed by atoms with Crippen LogP contribution < -0.4 is 0 Å². The van der Waals surface area contributed by atoms with Crippen LogP contribution in [0.3, 0.4) is 0 Å². The van der Waals surface area contributed by atoms with Crippen LogP contribution >= 0.6 is 15.9 Å². The summed E-state index contributed by atoms with van der Waals surface area (Å²) in [6.07, 6.45) is 7.73. The zero-order valence-corrected chi connectivity index (χ0v) is 11.9. The fourth-order valence-electron chi connectivity index (χ4n) is 2.73. The fourth-order valence-corrected chi connectivity index (χ4v) is 3.15. The molecule has 98 valence electrons. The van der Waals surface area contributed by atoms with Gasteiger partial charge in [0.15, 0.2) is 0 Å². The van der Waals surface area contributed by atoms with E-state index in [4.69, 9.17) is 4.42 Å². The number of halogens is 1. The molecule has 18 heavy (non-hydrogen) atoms. The van der Waals surface area contributed by atoms with Crippen LogP contribution in [-0.4, -0.2) is 5.11 Å². The molecule has 1 aromatic heterocycles. The van der Waals surface area contributed by atoms with Gasteiger partial charge >= 0.3 is 0 Å². The molecule has 1 fully saturated rings. The summed E-state index contributed by atoms with van der Waals surface area (Å²) in [4.78, 5) is 0. The molecule has 4 heteroatoms. The minimum absolute atomic E-state index is 0.483.